The summed E-state index contributed by atoms with van der Waals surface area (Å²) >= 11 is 5.92. The van der Waals surface area contributed by atoms with Crippen LogP contribution in [0.3, 0.4) is 0 Å². The van der Waals surface area contributed by atoms with Crippen LogP contribution in [0.5, 0.6) is 0 Å². The van der Waals surface area contributed by atoms with Crippen LogP contribution in [0.25, 0.3) is 0 Å². The van der Waals surface area contributed by atoms with Crippen LogP contribution in [0.2, 0.25) is 5.02 Å². The number of benzene rings is 1. The summed E-state index contributed by atoms with van der Waals surface area (Å²) in [6, 6.07) is 5.32. The second-order valence-electron chi connectivity index (χ2n) is 5.42. The smallest absolute Gasteiger partial charge is 0.238 e. The Morgan fingerprint density at radius 3 is 3.05 bits per heavy atom. The van der Waals surface area contributed by atoms with E-state index >= 15 is 0 Å². The van der Waals surface area contributed by atoms with Gasteiger partial charge in [-0.1, -0.05) is 18.5 Å². The summed E-state index contributed by atoms with van der Waals surface area (Å²) in [7, 11) is 0. The number of anilines is 2. The molecule has 2 unspecified atom stereocenters. The monoisotopic (exact) mass is 311 g/mol. The third-order valence-corrected chi connectivity index (χ3v) is 3.92. The first kappa shape index (κ1) is 16.1. The third-order valence-electron chi connectivity index (χ3n) is 3.69. The molecule has 0 aliphatic carbocycles. The molecule has 0 aromatic heterocycles. The van der Waals surface area contributed by atoms with E-state index in [1.807, 2.05) is 6.92 Å². The lowest BCUT2D eigenvalue weighted by molar-refractivity contribution is -0.121. The van der Waals surface area contributed by atoms with Gasteiger partial charge < -0.3 is 15.8 Å². The maximum Gasteiger partial charge on any atom is 0.238 e. The van der Waals surface area contributed by atoms with E-state index in [1.54, 1.807) is 18.2 Å². The summed E-state index contributed by atoms with van der Waals surface area (Å²) < 4.78 is 5.64. The molecule has 0 spiro atoms. The van der Waals surface area contributed by atoms with E-state index in [2.05, 4.69) is 17.1 Å². The number of morpholine rings is 1. The van der Waals surface area contributed by atoms with Gasteiger partial charge in [0.25, 0.3) is 0 Å². The molecule has 1 aliphatic heterocycles. The number of hydrogen-bond donors (Lipinski definition) is 2. The minimum Gasteiger partial charge on any atom is -0.397 e. The number of nitrogens with one attached hydrogen (secondary N) is 1. The molecular weight excluding hydrogens is 290 g/mol. The fourth-order valence-electron chi connectivity index (χ4n) is 2.49. The zero-order valence-electron chi connectivity index (χ0n) is 12.4. The lowest BCUT2D eigenvalue weighted by Gasteiger charge is -2.37. The summed E-state index contributed by atoms with van der Waals surface area (Å²) in [4.78, 5) is 14.4. The molecule has 1 saturated heterocycles. The summed E-state index contributed by atoms with van der Waals surface area (Å²) in [5, 5.41) is 3.37. The second-order valence-corrected chi connectivity index (χ2v) is 5.85. The number of carbonyl (C=O) groups excluding carboxylic acids is 1. The van der Waals surface area contributed by atoms with Crippen LogP contribution in [-0.4, -0.2) is 42.6 Å². The van der Waals surface area contributed by atoms with Crippen LogP contribution in [0, 0.1) is 0 Å². The Labute approximate surface area is 130 Å². The number of amides is 1. The van der Waals surface area contributed by atoms with Crippen molar-refractivity contribution < 1.29 is 9.53 Å². The quantitative estimate of drug-likeness (QED) is 0.838. The molecule has 1 heterocycles. The molecule has 1 amide bonds. The Bertz CT molecular complexity index is 510. The Morgan fingerprint density at radius 1 is 1.57 bits per heavy atom. The Morgan fingerprint density at radius 2 is 2.33 bits per heavy atom. The largest absolute Gasteiger partial charge is 0.397 e. The number of nitrogens with two attached hydrogens (primary N) is 1. The van der Waals surface area contributed by atoms with Crippen molar-refractivity contribution in [2.45, 2.75) is 32.4 Å². The van der Waals surface area contributed by atoms with Crippen molar-refractivity contribution >= 4 is 28.9 Å². The number of halogens is 1. The first-order valence-corrected chi connectivity index (χ1v) is 7.58. The molecule has 1 aromatic rings. The van der Waals surface area contributed by atoms with E-state index in [-0.39, 0.29) is 18.1 Å². The van der Waals surface area contributed by atoms with Crippen LogP contribution in [-0.2, 0) is 9.53 Å². The van der Waals surface area contributed by atoms with Gasteiger partial charge in [-0.25, -0.2) is 0 Å². The van der Waals surface area contributed by atoms with Crippen molar-refractivity contribution in [3.63, 3.8) is 0 Å². The molecule has 3 N–H and O–H groups in total. The van der Waals surface area contributed by atoms with E-state index in [1.165, 1.54) is 0 Å². The average molecular weight is 312 g/mol. The predicted octanol–water partition coefficient (Wildman–Crippen LogP) is 2.36. The molecule has 0 bridgehead atoms. The summed E-state index contributed by atoms with van der Waals surface area (Å²) in [5.74, 6) is -0.0866. The standard InChI is InChI=1S/C15H22ClN3O2/c1-3-12-9-21-10(2)7-19(12)8-15(20)18-14-6-11(16)4-5-13(14)17/h4-6,10,12H,3,7-9,17H2,1-2H3,(H,18,20). The Kier molecular flexibility index (Phi) is 5.45. The zero-order valence-corrected chi connectivity index (χ0v) is 13.2. The summed E-state index contributed by atoms with van der Waals surface area (Å²) in [5.41, 5.74) is 6.91. The first-order valence-electron chi connectivity index (χ1n) is 7.20. The van der Waals surface area contributed by atoms with Gasteiger partial charge in [-0.15, -0.1) is 0 Å². The lowest BCUT2D eigenvalue weighted by atomic mass is 10.1. The Balaban J connectivity index is 1.98. The number of nitrogen functional groups attached to an aromatic ring is 1. The molecule has 0 saturated carbocycles. The number of ether oxygens (including phenoxy) is 1. The fourth-order valence-corrected chi connectivity index (χ4v) is 2.67. The van der Waals surface area contributed by atoms with Crippen LogP contribution in [0.1, 0.15) is 20.3 Å². The fraction of sp³-hybridized carbons (Fsp3) is 0.533. The average Bonchev–Trinajstić information content (AvgIpc) is 2.43. The van der Waals surface area contributed by atoms with Crippen LogP contribution in [0.4, 0.5) is 11.4 Å². The van der Waals surface area contributed by atoms with E-state index < -0.39 is 0 Å². The van der Waals surface area contributed by atoms with Gasteiger partial charge in [0.05, 0.1) is 30.6 Å². The second kappa shape index (κ2) is 7.11. The molecule has 5 nitrogen and oxygen atoms in total. The number of nitrogens with zero attached hydrogens (tertiary/aromatic N) is 1. The van der Waals surface area contributed by atoms with E-state index in [0.29, 0.717) is 29.5 Å². The lowest BCUT2D eigenvalue weighted by Crippen LogP contribution is -2.51. The van der Waals surface area contributed by atoms with Crippen molar-refractivity contribution in [1.29, 1.82) is 0 Å². The van der Waals surface area contributed by atoms with Crippen molar-refractivity contribution in [2.24, 2.45) is 0 Å². The van der Waals surface area contributed by atoms with Gasteiger partial charge in [0, 0.05) is 17.6 Å². The Hall–Kier alpha value is -1.30. The van der Waals surface area contributed by atoms with E-state index in [9.17, 15) is 4.79 Å². The molecular formula is C15H22ClN3O2. The molecule has 2 atom stereocenters. The van der Waals surface area contributed by atoms with E-state index in [0.717, 1.165) is 13.0 Å². The molecule has 2 rings (SSSR count). The van der Waals surface area contributed by atoms with Crippen LogP contribution >= 0.6 is 11.6 Å². The van der Waals surface area contributed by atoms with Gasteiger partial charge in [0.15, 0.2) is 0 Å². The molecule has 6 heteroatoms. The number of rotatable bonds is 4. The molecule has 0 radical (unpaired) electrons. The predicted molar refractivity (Wildman–Crippen MR) is 85.6 cm³/mol. The maximum absolute atomic E-state index is 12.2. The minimum absolute atomic E-state index is 0.0866. The summed E-state index contributed by atoms with van der Waals surface area (Å²) in [6.45, 7) is 5.88. The highest BCUT2D eigenvalue weighted by Crippen LogP contribution is 2.23. The summed E-state index contributed by atoms with van der Waals surface area (Å²) in [6.07, 6.45) is 1.11. The van der Waals surface area contributed by atoms with Gasteiger partial charge in [-0.05, 0) is 31.5 Å². The molecule has 1 aliphatic rings. The third kappa shape index (κ3) is 4.33. The van der Waals surface area contributed by atoms with Gasteiger partial charge in [0.1, 0.15) is 0 Å². The molecule has 21 heavy (non-hydrogen) atoms. The first-order chi connectivity index (χ1) is 9.99. The van der Waals surface area contributed by atoms with Gasteiger partial charge in [0.2, 0.25) is 5.91 Å². The van der Waals surface area contributed by atoms with Gasteiger partial charge >= 0.3 is 0 Å². The minimum atomic E-state index is -0.0866. The van der Waals surface area contributed by atoms with Crippen molar-refractivity contribution in [1.82, 2.24) is 4.90 Å². The highest BCUT2D eigenvalue weighted by molar-refractivity contribution is 6.31. The number of carbonyl (C=O) groups is 1. The van der Waals surface area contributed by atoms with Crippen molar-refractivity contribution in [3.05, 3.63) is 23.2 Å². The van der Waals surface area contributed by atoms with Crippen LogP contribution < -0.4 is 11.1 Å². The molecule has 1 aromatic carbocycles. The SMILES string of the molecule is CCC1COC(C)CN1CC(=O)Nc1cc(Cl)ccc1N. The van der Waals surface area contributed by atoms with Crippen molar-refractivity contribution in [3.8, 4) is 0 Å². The van der Waals surface area contributed by atoms with E-state index in [4.69, 9.17) is 22.1 Å². The van der Waals surface area contributed by atoms with Crippen molar-refractivity contribution in [2.75, 3.05) is 30.7 Å². The maximum atomic E-state index is 12.2. The normalized spacial score (nSPS) is 23.0. The highest BCUT2D eigenvalue weighted by Gasteiger charge is 2.27. The topological polar surface area (TPSA) is 67.6 Å². The van der Waals surface area contributed by atoms with Crippen LogP contribution in [0.15, 0.2) is 18.2 Å². The zero-order chi connectivity index (χ0) is 15.4. The highest BCUT2D eigenvalue weighted by atomic mass is 35.5. The number of hydrogen-bond acceptors (Lipinski definition) is 4. The molecule has 116 valence electrons. The molecule has 1 fully saturated rings. The van der Waals surface area contributed by atoms with Gasteiger partial charge in [-0.3, -0.25) is 9.69 Å². The van der Waals surface area contributed by atoms with Gasteiger partial charge in [-0.2, -0.15) is 0 Å².